The number of hydrogen-bond donors (Lipinski definition) is 0. The highest BCUT2D eigenvalue weighted by Gasteiger charge is 2.22. The van der Waals surface area contributed by atoms with Gasteiger partial charge in [-0.15, -0.1) is 0 Å². The van der Waals surface area contributed by atoms with Gasteiger partial charge in [-0.25, -0.2) is 4.79 Å². The average Bonchev–Trinajstić information content (AvgIpc) is 2.71. The molecule has 6 heteroatoms. The van der Waals surface area contributed by atoms with Crippen LogP contribution in [0.3, 0.4) is 0 Å². The van der Waals surface area contributed by atoms with Crippen molar-refractivity contribution in [3.63, 3.8) is 0 Å². The van der Waals surface area contributed by atoms with Crippen LogP contribution in [-0.2, 0) is 14.3 Å². The predicted octanol–water partition coefficient (Wildman–Crippen LogP) is 3.55. The number of carbonyl (C=O) groups is 2. The van der Waals surface area contributed by atoms with Crippen molar-refractivity contribution in [3.05, 3.63) is 70.8 Å². The molecule has 0 N–H and O–H groups in total. The van der Waals surface area contributed by atoms with Crippen LogP contribution in [0.4, 0.5) is 5.69 Å². The number of rotatable bonds is 5. The third-order valence-corrected chi connectivity index (χ3v) is 4.87. The monoisotopic (exact) mass is 398 g/mol. The molecule has 1 amide bonds. The Kier molecular flexibility index (Phi) is 6.71. The topological polar surface area (TPSA) is 49.9 Å². The predicted molar refractivity (Wildman–Crippen MR) is 111 cm³/mol. The molecule has 0 aliphatic carbocycles. The molecule has 1 saturated heterocycles. The Morgan fingerprint density at radius 2 is 1.79 bits per heavy atom. The minimum absolute atomic E-state index is 0.178. The van der Waals surface area contributed by atoms with Gasteiger partial charge in [-0.3, -0.25) is 4.79 Å². The van der Waals surface area contributed by atoms with Crippen LogP contribution in [0.2, 0.25) is 5.02 Å². The van der Waals surface area contributed by atoms with E-state index in [2.05, 4.69) is 4.90 Å². The van der Waals surface area contributed by atoms with Crippen molar-refractivity contribution in [1.82, 2.24) is 4.90 Å². The maximum absolute atomic E-state index is 12.3. The van der Waals surface area contributed by atoms with Gasteiger partial charge in [0.2, 0.25) is 0 Å². The van der Waals surface area contributed by atoms with E-state index in [4.69, 9.17) is 16.3 Å². The number of piperazine rings is 1. The van der Waals surface area contributed by atoms with Crippen molar-refractivity contribution in [1.29, 1.82) is 0 Å². The summed E-state index contributed by atoms with van der Waals surface area (Å²) >= 11 is 6.04. The molecule has 1 aliphatic rings. The minimum atomic E-state index is -0.522. The molecule has 1 aliphatic heterocycles. The number of nitrogens with zero attached hydrogens (tertiary/aromatic N) is 2. The molecule has 2 aromatic rings. The highest BCUT2D eigenvalue weighted by Crippen LogP contribution is 2.20. The summed E-state index contributed by atoms with van der Waals surface area (Å²) in [7, 11) is 0. The molecular weight excluding hydrogens is 376 g/mol. The van der Waals surface area contributed by atoms with Crippen LogP contribution in [0.5, 0.6) is 0 Å². The number of carbonyl (C=O) groups excluding carboxylic acids is 2. The number of benzene rings is 2. The van der Waals surface area contributed by atoms with E-state index in [1.807, 2.05) is 55.5 Å². The maximum Gasteiger partial charge on any atom is 0.331 e. The second kappa shape index (κ2) is 9.42. The van der Waals surface area contributed by atoms with Crippen molar-refractivity contribution in [3.8, 4) is 0 Å². The van der Waals surface area contributed by atoms with Gasteiger partial charge in [-0.05, 0) is 36.8 Å². The normalized spacial score (nSPS) is 14.4. The van der Waals surface area contributed by atoms with Crippen molar-refractivity contribution in [2.24, 2.45) is 0 Å². The third kappa shape index (κ3) is 5.60. The van der Waals surface area contributed by atoms with Gasteiger partial charge in [0.05, 0.1) is 0 Å². The lowest BCUT2D eigenvalue weighted by atomic mass is 10.1. The first-order chi connectivity index (χ1) is 13.5. The molecule has 3 rings (SSSR count). The van der Waals surface area contributed by atoms with E-state index in [0.717, 1.165) is 16.8 Å². The fourth-order valence-corrected chi connectivity index (χ4v) is 3.19. The summed E-state index contributed by atoms with van der Waals surface area (Å²) in [5.74, 6) is -0.700. The number of halogens is 1. The first-order valence-corrected chi connectivity index (χ1v) is 9.59. The summed E-state index contributed by atoms with van der Waals surface area (Å²) in [5, 5.41) is 0.696. The van der Waals surface area contributed by atoms with Gasteiger partial charge in [0.15, 0.2) is 6.61 Å². The zero-order chi connectivity index (χ0) is 19.9. The Hall–Kier alpha value is -2.79. The smallest absolute Gasteiger partial charge is 0.331 e. The average molecular weight is 399 g/mol. The summed E-state index contributed by atoms with van der Waals surface area (Å²) in [5.41, 5.74) is 3.11. The second-order valence-electron chi connectivity index (χ2n) is 6.70. The lowest BCUT2D eigenvalue weighted by Crippen LogP contribution is -2.49. The van der Waals surface area contributed by atoms with E-state index in [1.165, 1.54) is 6.08 Å². The van der Waals surface area contributed by atoms with E-state index in [-0.39, 0.29) is 12.5 Å². The Bertz CT molecular complexity index is 856. The van der Waals surface area contributed by atoms with E-state index in [0.29, 0.717) is 31.2 Å². The van der Waals surface area contributed by atoms with Crippen LogP contribution in [0.1, 0.15) is 11.1 Å². The van der Waals surface area contributed by atoms with Gasteiger partial charge in [0, 0.05) is 43.0 Å². The zero-order valence-electron chi connectivity index (χ0n) is 15.8. The van der Waals surface area contributed by atoms with E-state index in [1.54, 1.807) is 11.0 Å². The molecule has 5 nitrogen and oxygen atoms in total. The first-order valence-electron chi connectivity index (χ1n) is 9.21. The quantitative estimate of drug-likeness (QED) is 0.571. The number of amides is 1. The van der Waals surface area contributed by atoms with E-state index in [9.17, 15) is 9.59 Å². The Morgan fingerprint density at radius 1 is 1.07 bits per heavy atom. The molecule has 0 saturated carbocycles. The lowest BCUT2D eigenvalue weighted by molar-refractivity contribution is -0.148. The lowest BCUT2D eigenvalue weighted by Gasteiger charge is -2.36. The molecule has 2 aromatic carbocycles. The van der Waals surface area contributed by atoms with Crippen LogP contribution >= 0.6 is 11.6 Å². The van der Waals surface area contributed by atoms with Gasteiger partial charge in [0.25, 0.3) is 5.91 Å². The van der Waals surface area contributed by atoms with Crippen LogP contribution in [0.15, 0.2) is 54.6 Å². The van der Waals surface area contributed by atoms with Crippen molar-refractivity contribution >= 4 is 35.2 Å². The molecule has 28 heavy (non-hydrogen) atoms. The largest absolute Gasteiger partial charge is 0.452 e. The molecule has 0 aromatic heterocycles. The molecule has 0 spiro atoms. The van der Waals surface area contributed by atoms with Gasteiger partial charge in [-0.2, -0.15) is 0 Å². The number of ether oxygens (including phenoxy) is 1. The summed E-state index contributed by atoms with van der Waals surface area (Å²) in [6.45, 7) is 4.36. The van der Waals surface area contributed by atoms with Crippen LogP contribution in [0, 0.1) is 6.92 Å². The Labute approximate surface area is 170 Å². The molecule has 1 fully saturated rings. The van der Waals surface area contributed by atoms with E-state index < -0.39 is 5.97 Å². The van der Waals surface area contributed by atoms with Crippen molar-refractivity contribution < 1.29 is 14.3 Å². The molecule has 0 unspecified atom stereocenters. The molecular formula is C22H23ClN2O3. The Balaban J connectivity index is 1.43. The summed E-state index contributed by atoms with van der Waals surface area (Å²) in [6, 6.07) is 15.5. The van der Waals surface area contributed by atoms with Crippen LogP contribution < -0.4 is 4.90 Å². The maximum atomic E-state index is 12.3. The highest BCUT2D eigenvalue weighted by atomic mass is 35.5. The molecule has 0 bridgehead atoms. The van der Waals surface area contributed by atoms with Gasteiger partial charge in [-0.1, -0.05) is 47.5 Å². The molecule has 1 heterocycles. The van der Waals surface area contributed by atoms with Crippen molar-refractivity contribution in [2.45, 2.75) is 6.92 Å². The minimum Gasteiger partial charge on any atom is -0.452 e. The number of anilines is 1. The molecule has 0 atom stereocenters. The van der Waals surface area contributed by atoms with Gasteiger partial charge < -0.3 is 14.5 Å². The molecule has 0 radical (unpaired) electrons. The van der Waals surface area contributed by atoms with Gasteiger partial charge >= 0.3 is 5.97 Å². The molecule has 146 valence electrons. The highest BCUT2D eigenvalue weighted by molar-refractivity contribution is 6.30. The fraction of sp³-hybridized carbons (Fsp3) is 0.273. The number of esters is 1. The van der Waals surface area contributed by atoms with E-state index >= 15 is 0 Å². The van der Waals surface area contributed by atoms with Crippen LogP contribution in [0.25, 0.3) is 6.08 Å². The number of hydrogen-bond acceptors (Lipinski definition) is 4. The van der Waals surface area contributed by atoms with Crippen molar-refractivity contribution in [2.75, 3.05) is 37.7 Å². The van der Waals surface area contributed by atoms with Gasteiger partial charge in [0.1, 0.15) is 0 Å². The summed E-state index contributed by atoms with van der Waals surface area (Å²) < 4.78 is 5.08. The number of aryl methyl sites for hydroxylation is 1. The second-order valence-corrected chi connectivity index (χ2v) is 7.14. The standard InChI is InChI=1S/C22H23ClN2O3/c1-17-5-7-18(8-6-17)9-10-22(27)28-16-21(26)25-13-11-24(12-14-25)20-4-2-3-19(23)15-20/h2-10,15H,11-14,16H2,1H3/b10-9+. The van der Waals surface area contributed by atoms with Crippen LogP contribution in [-0.4, -0.2) is 49.6 Å². The Morgan fingerprint density at radius 3 is 2.46 bits per heavy atom. The summed E-state index contributed by atoms with van der Waals surface area (Å²) in [4.78, 5) is 28.0. The SMILES string of the molecule is Cc1ccc(/C=C/C(=O)OCC(=O)N2CCN(c3cccc(Cl)c3)CC2)cc1. The zero-order valence-corrected chi connectivity index (χ0v) is 16.6. The third-order valence-electron chi connectivity index (χ3n) is 4.63. The summed E-state index contributed by atoms with van der Waals surface area (Å²) in [6.07, 6.45) is 3.02. The fourth-order valence-electron chi connectivity index (χ4n) is 3.00. The first kappa shape index (κ1) is 20.0.